The fraction of sp³-hybridized carbons (Fsp3) is 0.182. The van der Waals surface area contributed by atoms with Crippen LogP contribution < -0.4 is 9.46 Å². The molecule has 1 aromatic carbocycles. The lowest BCUT2D eigenvalue weighted by Gasteiger charge is -2.11. The second kappa shape index (κ2) is 5.22. The third-order valence-electron chi connectivity index (χ3n) is 2.55. The molecule has 1 heterocycles. The van der Waals surface area contributed by atoms with Crippen LogP contribution in [0.25, 0.3) is 0 Å². The van der Waals surface area contributed by atoms with Crippen molar-refractivity contribution in [2.45, 2.75) is 5.03 Å². The number of halogens is 1. The van der Waals surface area contributed by atoms with Gasteiger partial charge in [0.05, 0.1) is 24.0 Å². The molecule has 0 aliphatic rings. The number of phenolic OH excluding ortho intramolecular Hbond substituents is 1. The van der Waals surface area contributed by atoms with E-state index in [1.807, 2.05) is 0 Å². The second-order valence-corrected chi connectivity index (χ2v) is 5.91. The van der Waals surface area contributed by atoms with Gasteiger partial charge < -0.3 is 9.84 Å². The monoisotopic (exact) mass is 317 g/mol. The van der Waals surface area contributed by atoms with E-state index in [2.05, 4.69) is 9.82 Å². The summed E-state index contributed by atoms with van der Waals surface area (Å²) in [6.07, 6.45) is 1.23. The predicted octanol–water partition coefficient (Wildman–Crippen LogP) is 1.59. The number of hydrogen-bond donors (Lipinski definition) is 2. The maximum Gasteiger partial charge on any atom is 0.280 e. The number of nitrogens with zero attached hydrogens (tertiary/aromatic N) is 2. The molecule has 2 aromatic rings. The van der Waals surface area contributed by atoms with Crippen molar-refractivity contribution in [1.82, 2.24) is 9.78 Å². The summed E-state index contributed by atoms with van der Waals surface area (Å²) in [7, 11) is -1.06. The Bertz CT molecular complexity index is 723. The molecule has 0 amide bonds. The lowest BCUT2D eigenvalue weighted by molar-refractivity contribution is 0.408. The molecule has 0 saturated carbocycles. The number of ether oxygens (including phenoxy) is 1. The second-order valence-electron chi connectivity index (χ2n) is 3.91. The maximum absolute atomic E-state index is 12.2. The van der Waals surface area contributed by atoms with Gasteiger partial charge in [-0.25, -0.2) is 0 Å². The molecule has 0 saturated heterocycles. The molecular weight excluding hydrogens is 306 g/mol. The molecule has 1 aromatic heterocycles. The molecule has 0 fully saturated rings. The van der Waals surface area contributed by atoms with E-state index in [4.69, 9.17) is 16.3 Å². The SMILES string of the molecule is COc1ccc(NS(=O)(=O)c2c(Cl)cnn2C)c(O)c1. The highest BCUT2D eigenvalue weighted by molar-refractivity contribution is 7.92. The van der Waals surface area contributed by atoms with E-state index in [1.165, 1.54) is 38.6 Å². The van der Waals surface area contributed by atoms with Crippen LogP contribution in [-0.2, 0) is 17.1 Å². The Hall–Kier alpha value is -1.93. The van der Waals surface area contributed by atoms with Gasteiger partial charge in [0.15, 0.2) is 5.03 Å². The molecule has 0 spiro atoms. The molecule has 7 nitrogen and oxygen atoms in total. The van der Waals surface area contributed by atoms with Gasteiger partial charge in [0.1, 0.15) is 11.5 Å². The molecule has 20 heavy (non-hydrogen) atoms. The van der Waals surface area contributed by atoms with Crippen LogP contribution in [0.3, 0.4) is 0 Å². The zero-order chi connectivity index (χ0) is 14.9. The van der Waals surface area contributed by atoms with E-state index in [0.717, 1.165) is 4.68 Å². The summed E-state index contributed by atoms with van der Waals surface area (Å²) in [5.74, 6) is 0.148. The van der Waals surface area contributed by atoms with Crippen molar-refractivity contribution in [2.75, 3.05) is 11.8 Å². The Balaban J connectivity index is 2.39. The minimum absolute atomic E-state index is 0.00648. The number of hydrogen-bond acceptors (Lipinski definition) is 5. The zero-order valence-electron chi connectivity index (χ0n) is 10.7. The summed E-state index contributed by atoms with van der Waals surface area (Å²) in [4.78, 5) is 0. The van der Waals surface area contributed by atoms with Gasteiger partial charge >= 0.3 is 0 Å². The van der Waals surface area contributed by atoms with Crippen molar-refractivity contribution < 1.29 is 18.3 Å². The van der Waals surface area contributed by atoms with E-state index >= 15 is 0 Å². The Morgan fingerprint density at radius 2 is 2.15 bits per heavy atom. The van der Waals surface area contributed by atoms with Crippen molar-refractivity contribution in [3.05, 3.63) is 29.4 Å². The predicted molar refractivity (Wildman–Crippen MR) is 73.7 cm³/mol. The molecule has 0 unspecified atom stereocenters. The van der Waals surface area contributed by atoms with E-state index < -0.39 is 10.0 Å². The topological polar surface area (TPSA) is 93.5 Å². The van der Waals surface area contributed by atoms with E-state index in [0.29, 0.717) is 5.75 Å². The lowest BCUT2D eigenvalue weighted by atomic mass is 10.3. The Kier molecular flexibility index (Phi) is 3.78. The first-order valence-electron chi connectivity index (χ1n) is 5.42. The molecule has 2 rings (SSSR count). The standard InChI is InChI=1S/C11H12ClN3O4S/c1-15-11(8(12)6-13-15)20(17,18)14-9-4-3-7(19-2)5-10(9)16/h3-6,14,16H,1-2H3. The van der Waals surface area contributed by atoms with Crippen LogP contribution in [0.5, 0.6) is 11.5 Å². The highest BCUT2D eigenvalue weighted by atomic mass is 35.5. The number of methoxy groups -OCH3 is 1. The van der Waals surface area contributed by atoms with Gasteiger partial charge in [0, 0.05) is 13.1 Å². The number of anilines is 1. The lowest BCUT2D eigenvalue weighted by Crippen LogP contribution is -2.17. The third kappa shape index (κ3) is 2.66. The average molecular weight is 318 g/mol. The van der Waals surface area contributed by atoms with Crippen molar-refractivity contribution in [2.24, 2.45) is 7.05 Å². The number of nitrogens with one attached hydrogen (secondary N) is 1. The first-order valence-corrected chi connectivity index (χ1v) is 7.28. The van der Waals surface area contributed by atoms with Crippen LogP contribution in [0.4, 0.5) is 5.69 Å². The maximum atomic E-state index is 12.2. The summed E-state index contributed by atoms with van der Waals surface area (Å²) in [5.41, 5.74) is 0.0167. The number of aromatic nitrogens is 2. The highest BCUT2D eigenvalue weighted by Gasteiger charge is 2.23. The van der Waals surface area contributed by atoms with Crippen LogP contribution >= 0.6 is 11.6 Å². The summed E-state index contributed by atoms with van der Waals surface area (Å²) in [5, 5.41) is 13.3. The van der Waals surface area contributed by atoms with Crippen LogP contribution in [-0.4, -0.2) is 30.4 Å². The number of sulfonamides is 1. The van der Waals surface area contributed by atoms with E-state index in [1.54, 1.807) is 0 Å². The molecule has 0 bridgehead atoms. The van der Waals surface area contributed by atoms with Crippen molar-refractivity contribution in [3.8, 4) is 11.5 Å². The molecule has 0 aliphatic heterocycles. The van der Waals surface area contributed by atoms with Crippen molar-refractivity contribution >= 4 is 27.3 Å². The largest absolute Gasteiger partial charge is 0.506 e. The minimum Gasteiger partial charge on any atom is -0.506 e. The van der Waals surface area contributed by atoms with E-state index in [9.17, 15) is 13.5 Å². The summed E-state index contributed by atoms with van der Waals surface area (Å²) >= 11 is 5.80. The van der Waals surface area contributed by atoms with Crippen molar-refractivity contribution in [3.63, 3.8) is 0 Å². The number of benzene rings is 1. The highest BCUT2D eigenvalue weighted by Crippen LogP contribution is 2.30. The average Bonchev–Trinajstić information content (AvgIpc) is 2.72. The van der Waals surface area contributed by atoms with Crippen LogP contribution in [0.15, 0.2) is 29.4 Å². The van der Waals surface area contributed by atoms with Gasteiger partial charge in [0.2, 0.25) is 0 Å². The van der Waals surface area contributed by atoms with Crippen molar-refractivity contribution in [1.29, 1.82) is 0 Å². The van der Waals surface area contributed by atoms with Gasteiger partial charge in [-0.1, -0.05) is 11.6 Å². The van der Waals surface area contributed by atoms with Gasteiger partial charge in [-0.2, -0.15) is 13.5 Å². The number of aromatic hydroxyl groups is 1. The number of phenols is 1. The first kappa shape index (κ1) is 14.5. The fourth-order valence-electron chi connectivity index (χ4n) is 1.62. The zero-order valence-corrected chi connectivity index (χ0v) is 12.2. The molecule has 0 aliphatic carbocycles. The van der Waals surface area contributed by atoms with Crippen LogP contribution in [0.2, 0.25) is 5.02 Å². The minimum atomic E-state index is -3.96. The molecular formula is C11H12ClN3O4S. The summed E-state index contributed by atoms with van der Waals surface area (Å²) < 4.78 is 32.7. The molecule has 0 atom stereocenters. The normalized spacial score (nSPS) is 11.3. The molecule has 2 N–H and O–H groups in total. The Morgan fingerprint density at radius 1 is 1.45 bits per heavy atom. The first-order chi connectivity index (χ1) is 9.35. The summed E-state index contributed by atoms with van der Waals surface area (Å²) in [6, 6.07) is 4.20. The Labute approximate surface area is 120 Å². The Morgan fingerprint density at radius 3 is 2.65 bits per heavy atom. The molecule has 108 valence electrons. The van der Waals surface area contributed by atoms with Gasteiger partial charge in [0.25, 0.3) is 10.0 Å². The quantitative estimate of drug-likeness (QED) is 0.835. The summed E-state index contributed by atoms with van der Waals surface area (Å²) in [6.45, 7) is 0. The smallest absolute Gasteiger partial charge is 0.280 e. The molecule has 9 heteroatoms. The van der Waals surface area contributed by atoms with Gasteiger partial charge in [-0.15, -0.1) is 0 Å². The van der Waals surface area contributed by atoms with Crippen LogP contribution in [0, 0.1) is 0 Å². The van der Waals surface area contributed by atoms with Gasteiger partial charge in [-0.3, -0.25) is 9.40 Å². The van der Waals surface area contributed by atoms with E-state index in [-0.39, 0.29) is 21.5 Å². The van der Waals surface area contributed by atoms with Gasteiger partial charge in [-0.05, 0) is 12.1 Å². The van der Waals surface area contributed by atoms with Crippen LogP contribution in [0.1, 0.15) is 0 Å². The molecule has 0 radical (unpaired) electrons. The number of aryl methyl sites for hydroxylation is 1. The third-order valence-corrected chi connectivity index (χ3v) is 4.42. The fourth-order valence-corrected chi connectivity index (χ4v) is 3.35. The number of rotatable bonds is 4.